The Hall–Kier alpha value is -3.41. The van der Waals surface area contributed by atoms with Gasteiger partial charge < -0.3 is 14.5 Å². The van der Waals surface area contributed by atoms with Gasteiger partial charge in [0.15, 0.2) is 6.10 Å². The highest BCUT2D eigenvalue weighted by atomic mass is 16.5. The summed E-state index contributed by atoms with van der Waals surface area (Å²) in [5.74, 6) is -1.51. The molecule has 1 heterocycles. The van der Waals surface area contributed by atoms with Gasteiger partial charge in [0.2, 0.25) is 5.78 Å². The van der Waals surface area contributed by atoms with E-state index >= 15 is 0 Å². The van der Waals surface area contributed by atoms with Gasteiger partial charge in [-0.2, -0.15) is 0 Å². The molecule has 6 nitrogen and oxygen atoms in total. The number of fused-ring (bicyclic) bond motifs is 1. The number of ether oxygens (including phenoxy) is 2. The highest BCUT2D eigenvalue weighted by Gasteiger charge is 2.27. The van der Waals surface area contributed by atoms with Crippen LogP contribution < -0.4 is 0 Å². The van der Waals surface area contributed by atoms with Crippen molar-refractivity contribution in [1.82, 2.24) is 4.98 Å². The molecule has 0 aliphatic carbocycles. The van der Waals surface area contributed by atoms with Gasteiger partial charge in [0.05, 0.1) is 23.9 Å². The molecule has 1 aromatic heterocycles. The molecule has 6 heteroatoms. The molecule has 0 radical (unpaired) electrons. The Morgan fingerprint density at radius 3 is 2.36 bits per heavy atom. The summed E-state index contributed by atoms with van der Waals surface area (Å²) in [7, 11) is 1.28. The molecule has 0 unspecified atom stereocenters. The van der Waals surface area contributed by atoms with Crippen LogP contribution in [-0.4, -0.2) is 35.9 Å². The highest BCUT2D eigenvalue weighted by Crippen LogP contribution is 2.23. The van der Waals surface area contributed by atoms with E-state index in [0.29, 0.717) is 22.4 Å². The van der Waals surface area contributed by atoms with E-state index in [9.17, 15) is 14.4 Å². The Labute approximate surface area is 162 Å². The summed E-state index contributed by atoms with van der Waals surface area (Å²) in [6.07, 6.45) is -1.02. The number of methoxy groups -OCH3 is 1. The van der Waals surface area contributed by atoms with Crippen LogP contribution in [0, 0.1) is 13.8 Å². The predicted octanol–water partition coefficient (Wildman–Crippen LogP) is 4.00. The van der Waals surface area contributed by atoms with Crippen molar-refractivity contribution in [3.8, 4) is 0 Å². The van der Waals surface area contributed by atoms with E-state index in [4.69, 9.17) is 9.47 Å². The topological polar surface area (TPSA) is 85.5 Å². The van der Waals surface area contributed by atoms with E-state index in [1.165, 1.54) is 14.0 Å². The molecule has 0 spiro atoms. The van der Waals surface area contributed by atoms with Gasteiger partial charge in [0.25, 0.3) is 0 Å². The Bertz CT molecular complexity index is 1070. The van der Waals surface area contributed by atoms with Gasteiger partial charge in [0, 0.05) is 5.69 Å². The highest BCUT2D eigenvalue weighted by molar-refractivity contribution is 6.07. The molecule has 28 heavy (non-hydrogen) atoms. The Kier molecular flexibility index (Phi) is 5.31. The largest absolute Gasteiger partial charge is 0.465 e. The number of nitrogens with one attached hydrogen (secondary N) is 1. The molecule has 0 saturated heterocycles. The number of carbonyl (C=O) groups excluding carboxylic acids is 3. The number of aryl methyl sites for hydroxylation is 1. The zero-order chi connectivity index (χ0) is 20.4. The first-order chi connectivity index (χ1) is 13.3. The van der Waals surface area contributed by atoms with Crippen LogP contribution in [0.25, 0.3) is 10.8 Å². The molecule has 3 rings (SSSR count). The number of aromatic nitrogens is 1. The second kappa shape index (κ2) is 7.68. The van der Waals surface area contributed by atoms with Gasteiger partial charge >= 0.3 is 11.9 Å². The van der Waals surface area contributed by atoms with Crippen molar-refractivity contribution in [3.05, 3.63) is 70.5 Å². The molecular weight excluding hydrogens is 358 g/mol. The molecule has 0 amide bonds. The molecule has 1 atom stereocenters. The molecule has 0 aliphatic heterocycles. The molecule has 2 aromatic carbocycles. The lowest BCUT2D eigenvalue weighted by Crippen LogP contribution is -2.25. The number of aromatic amines is 1. The van der Waals surface area contributed by atoms with E-state index in [1.807, 2.05) is 30.3 Å². The fourth-order valence-corrected chi connectivity index (χ4v) is 3.29. The first kappa shape index (κ1) is 19.4. The van der Waals surface area contributed by atoms with Crippen molar-refractivity contribution in [2.24, 2.45) is 0 Å². The van der Waals surface area contributed by atoms with Crippen LogP contribution in [0.2, 0.25) is 0 Å². The Morgan fingerprint density at radius 1 is 0.964 bits per heavy atom. The van der Waals surface area contributed by atoms with Crippen LogP contribution in [-0.2, 0) is 9.47 Å². The van der Waals surface area contributed by atoms with E-state index < -0.39 is 23.8 Å². The average molecular weight is 379 g/mol. The third-order valence-corrected chi connectivity index (χ3v) is 4.74. The number of hydrogen-bond donors (Lipinski definition) is 1. The fourth-order valence-electron chi connectivity index (χ4n) is 3.29. The number of carbonyl (C=O) groups is 3. The third kappa shape index (κ3) is 3.41. The normalized spacial score (nSPS) is 11.9. The quantitative estimate of drug-likeness (QED) is 0.535. The van der Waals surface area contributed by atoms with Gasteiger partial charge in [-0.25, -0.2) is 9.59 Å². The minimum atomic E-state index is -1.02. The summed E-state index contributed by atoms with van der Waals surface area (Å²) < 4.78 is 10.2. The molecule has 3 aromatic rings. The predicted molar refractivity (Wildman–Crippen MR) is 105 cm³/mol. The van der Waals surface area contributed by atoms with Crippen molar-refractivity contribution < 1.29 is 23.9 Å². The summed E-state index contributed by atoms with van der Waals surface area (Å²) in [6, 6.07) is 12.8. The van der Waals surface area contributed by atoms with Crippen molar-refractivity contribution in [2.75, 3.05) is 7.11 Å². The number of H-pyrrole nitrogens is 1. The summed E-state index contributed by atoms with van der Waals surface area (Å²) in [4.78, 5) is 40.3. The molecule has 0 bridgehead atoms. The lowest BCUT2D eigenvalue weighted by atomic mass is 10.0. The number of rotatable bonds is 5. The summed E-state index contributed by atoms with van der Waals surface area (Å²) in [5.41, 5.74) is 1.95. The van der Waals surface area contributed by atoms with Gasteiger partial charge in [-0.15, -0.1) is 0 Å². The van der Waals surface area contributed by atoms with Crippen molar-refractivity contribution >= 4 is 28.5 Å². The number of hydrogen-bond acceptors (Lipinski definition) is 5. The Balaban J connectivity index is 1.85. The average Bonchev–Trinajstić information content (AvgIpc) is 3.00. The van der Waals surface area contributed by atoms with Crippen molar-refractivity contribution in [3.63, 3.8) is 0 Å². The summed E-state index contributed by atoms with van der Waals surface area (Å²) in [5, 5.41) is 1.67. The first-order valence-electron chi connectivity index (χ1n) is 8.85. The first-order valence-corrected chi connectivity index (χ1v) is 8.85. The maximum absolute atomic E-state index is 12.8. The molecule has 1 N–H and O–H groups in total. The number of benzene rings is 2. The second-order valence-electron chi connectivity index (χ2n) is 6.56. The van der Waals surface area contributed by atoms with Crippen LogP contribution in [0.5, 0.6) is 0 Å². The minimum absolute atomic E-state index is 0.233. The smallest absolute Gasteiger partial charge is 0.339 e. The maximum Gasteiger partial charge on any atom is 0.339 e. The number of esters is 2. The van der Waals surface area contributed by atoms with E-state index in [-0.39, 0.29) is 5.69 Å². The lowest BCUT2D eigenvalue weighted by molar-refractivity contribution is 0.0318. The van der Waals surface area contributed by atoms with Crippen molar-refractivity contribution in [1.29, 1.82) is 0 Å². The van der Waals surface area contributed by atoms with Crippen molar-refractivity contribution in [2.45, 2.75) is 26.9 Å². The number of ketones is 1. The van der Waals surface area contributed by atoms with Crippen LogP contribution in [0.15, 0.2) is 42.5 Å². The molecule has 144 valence electrons. The standard InChI is InChI=1S/C22H21NO5/c1-12-18(22(26)27-4)13(2)23-19(12)20(24)14(3)28-21(25)17-11-7-9-15-8-5-6-10-16(15)17/h5-11,14,23H,1-4H3/t14-/m1/s1. The zero-order valence-electron chi connectivity index (χ0n) is 16.2. The SMILES string of the molecule is COC(=O)c1c(C)[nH]c(C(=O)[C@@H](C)OC(=O)c2cccc3ccccc23)c1C. The van der Waals surface area contributed by atoms with Crippen LogP contribution in [0.1, 0.15) is 49.4 Å². The second-order valence-corrected chi connectivity index (χ2v) is 6.56. The Morgan fingerprint density at radius 2 is 1.64 bits per heavy atom. The van der Waals surface area contributed by atoms with Gasteiger partial charge in [0.1, 0.15) is 0 Å². The van der Waals surface area contributed by atoms with Crippen LogP contribution >= 0.6 is 0 Å². The number of Topliss-reactive ketones (excluding diaryl/α,β-unsaturated/α-hetero) is 1. The summed E-state index contributed by atoms with van der Waals surface area (Å²) in [6.45, 7) is 4.85. The van der Waals surface area contributed by atoms with Gasteiger partial charge in [-0.1, -0.05) is 36.4 Å². The fraction of sp³-hybridized carbons (Fsp3) is 0.227. The molecule has 0 saturated carbocycles. The lowest BCUT2D eigenvalue weighted by Gasteiger charge is -2.13. The van der Waals surface area contributed by atoms with Gasteiger partial charge in [-0.3, -0.25) is 4.79 Å². The minimum Gasteiger partial charge on any atom is -0.465 e. The monoisotopic (exact) mass is 379 g/mol. The van der Waals surface area contributed by atoms with E-state index in [1.54, 1.807) is 26.0 Å². The van der Waals surface area contributed by atoms with Crippen LogP contribution in [0.4, 0.5) is 0 Å². The molecular formula is C22H21NO5. The zero-order valence-corrected chi connectivity index (χ0v) is 16.2. The molecule has 0 aliphatic rings. The maximum atomic E-state index is 12.8. The third-order valence-electron chi connectivity index (χ3n) is 4.74. The van der Waals surface area contributed by atoms with E-state index in [2.05, 4.69) is 4.98 Å². The van der Waals surface area contributed by atoms with Crippen LogP contribution in [0.3, 0.4) is 0 Å². The summed E-state index contributed by atoms with van der Waals surface area (Å²) >= 11 is 0. The van der Waals surface area contributed by atoms with E-state index in [0.717, 1.165) is 10.8 Å². The molecule has 0 fully saturated rings. The van der Waals surface area contributed by atoms with Gasteiger partial charge in [-0.05, 0) is 43.2 Å².